The predicted octanol–water partition coefficient (Wildman–Crippen LogP) is 2.31. The molecule has 0 aliphatic heterocycles. The van der Waals surface area contributed by atoms with Gasteiger partial charge in [0.25, 0.3) is 0 Å². The van der Waals surface area contributed by atoms with Crippen LogP contribution in [-0.4, -0.2) is 20.1 Å². The lowest BCUT2D eigenvalue weighted by Gasteiger charge is -1.81. The summed E-state index contributed by atoms with van der Waals surface area (Å²) in [4.78, 5) is 1.32. The van der Waals surface area contributed by atoms with Crippen molar-refractivity contribution in [1.82, 2.24) is 20.1 Å². The molecule has 0 bridgehead atoms. The third-order valence-corrected chi connectivity index (χ3v) is 2.78. The van der Waals surface area contributed by atoms with Crippen LogP contribution in [0.1, 0.15) is 0 Å². The van der Waals surface area contributed by atoms with Gasteiger partial charge in [0.15, 0.2) is 0 Å². The van der Waals surface area contributed by atoms with E-state index in [2.05, 4.69) is 15.3 Å². The van der Waals surface area contributed by atoms with E-state index in [1.165, 1.54) is 4.79 Å². The normalized spacial score (nSPS) is 10.3. The first-order valence-corrected chi connectivity index (χ1v) is 5.90. The van der Waals surface area contributed by atoms with E-state index in [9.17, 15) is 0 Å². The Morgan fingerprint density at radius 1 is 0.947 bits per heavy atom. The van der Waals surface area contributed by atoms with Crippen LogP contribution in [0.4, 0.5) is 0 Å². The van der Waals surface area contributed by atoms with E-state index in [4.69, 9.17) is 5.84 Å². The Bertz CT molecular complexity index is 736. The van der Waals surface area contributed by atoms with Crippen molar-refractivity contribution in [3.8, 4) is 0 Å². The molecular formula is C14H13N5. The maximum Gasteiger partial charge on any atom is 0.0944 e. The monoisotopic (exact) mass is 251 g/mol. The van der Waals surface area contributed by atoms with Gasteiger partial charge in [0.1, 0.15) is 0 Å². The number of hydrogen-bond donors (Lipinski definition) is 2. The highest BCUT2D eigenvalue weighted by Crippen LogP contribution is 2.08. The number of nitrogen functional groups attached to an aromatic ring is 1. The van der Waals surface area contributed by atoms with Gasteiger partial charge in [-0.15, -0.1) is 0 Å². The molecule has 0 amide bonds. The summed E-state index contributed by atoms with van der Waals surface area (Å²) in [5, 5.41) is 13.0. The maximum absolute atomic E-state index is 5.40. The van der Waals surface area contributed by atoms with E-state index in [0.717, 1.165) is 21.8 Å². The van der Waals surface area contributed by atoms with Gasteiger partial charge in [-0.2, -0.15) is 15.0 Å². The third-order valence-electron chi connectivity index (χ3n) is 2.78. The van der Waals surface area contributed by atoms with Crippen LogP contribution in [-0.2, 0) is 0 Å². The Hall–Kier alpha value is -2.82. The summed E-state index contributed by atoms with van der Waals surface area (Å²) in [6.45, 7) is 0. The van der Waals surface area contributed by atoms with Crippen LogP contribution in [0, 0.1) is 0 Å². The van der Waals surface area contributed by atoms with Crippen LogP contribution in [0.3, 0.4) is 0 Å². The number of fused-ring (bicyclic) bond motifs is 2. The molecule has 0 aliphatic carbocycles. The summed E-state index contributed by atoms with van der Waals surface area (Å²) in [5.74, 6) is 5.40. The molecule has 3 N–H and O–H groups in total. The number of aromatic nitrogens is 4. The topological polar surface area (TPSA) is 72.5 Å². The Balaban J connectivity index is 0.000000117. The predicted molar refractivity (Wildman–Crippen MR) is 76.0 cm³/mol. The average Bonchev–Trinajstić information content (AvgIpc) is 3.03. The van der Waals surface area contributed by atoms with Crippen LogP contribution in [0.5, 0.6) is 0 Å². The van der Waals surface area contributed by atoms with Crippen molar-refractivity contribution in [2.75, 3.05) is 5.84 Å². The van der Waals surface area contributed by atoms with Crippen molar-refractivity contribution < 1.29 is 0 Å². The summed E-state index contributed by atoms with van der Waals surface area (Å²) in [6.07, 6.45) is 3.60. The van der Waals surface area contributed by atoms with E-state index >= 15 is 0 Å². The van der Waals surface area contributed by atoms with Crippen molar-refractivity contribution in [1.29, 1.82) is 0 Å². The minimum atomic E-state index is 0.935. The van der Waals surface area contributed by atoms with Gasteiger partial charge in [-0.25, -0.2) is 0 Å². The molecule has 0 fully saturated rings. The van der Waals surface area contributed by atoms with Crippen LogP contribution in [0.2, 0.25) is 0 Å². The zero-order valence-electron chi connectivity index (χ0n) is 10.2. The number of nitrogens with two attached hydrogens (primary N) is 1. The first-order chi connectivity index (χ1) is 9.33. The highest BCUT2D eigenvalue weighted by Gasteiger charge is 1.93. The highest BCUT2D eigenvalue weighted by molar-refractivity contribution is 5.78. The second-order valence-corrected chi connectivity index (χ2v) is 4.13. The summed E-state index contributed by atoms with van der Waals surface area (Å²) in [6, 6.07) is 15.8. The lowest BCUT2D eigenvalue weighted by Crippen LogP contribution is -2.07. The van der Waals surface area contributed by atoms with E-state index in [1.807, 2.05) is 54.7 Å². The Morgan fingerprint density at radius 2 is 1.68 bits per heavy atom. The van der Waals surface area contributed by atoms with Gasteiger partial charge in [0.05, 0.1) is 23.4 Å². The van der Waals surface area contributed by atoms with Crippen molar-refractivity contribution in [2.45, 2.75) is 0 Å². The molecule has 0 aliphatic rings. The summed E-state index contributed by atoms with van der Waals surface area (Å²) in [5.41, 5.74) is 2.03. The van der Waals surface area contributed by atoms with Crippen LogP contribution >= 0.6 is 0 Å². The molecule has 0 atom stereocenters. The zero-order chi connectivity index (χ0) is 13.1. The minimum absolute atomic E-state index is 0.935. The van der Waals surface area contributed by atoms with Crippen molar-refractivity contribution >= 4 is 21.8 Å². The summed E-state index contributed by atoms with van der Waals surface area (Å²) < 4.78 is 0. The molecule has 0 saturated heterocycles. The highest BCUT2D eigenvalue weighted by atomic mass is 15.5. The fraction of sp³-hybridized carbons (Fsp3) is 0. The maximum atomic E-state index is 5.40. The first kappa shape index (κ1) is 11.3. The fourth-order valence-corrected chi connectivity index (χ4v) is 1.87. The second kappa shape index (κ2) is 4.81. The molecule has 0 radical (unpaired) electrons. The lowest BCUT2D eigenvalue weighted by molar-refractivity contribution is 0.846. The molecule has 4 aromatic rings. The van der Waals surface area contributed by atoms with Gasteiger partial charge in [-0.3, -0.25) is 5.10 Å². The Labute approximate surface area is 109 Å². The molecule has 94 valence electrons. The molecule has 2 aromatic carbocycles. The van der Waals surface area contributed by atoms with Gasteiger partial charge in [0.2, 0.25) is 0 Å². The van der Waals surface area contributed by atoms with Crippen LogP contribution in [0.15, 0.2) is 60.9 Å². The molecule has 2 heterocycles. The van der Waals surface area contributed by atoms with E-state index in [-0.39, 0.29) is 0 Å². The van der Waals surface area contributed by atoms with Crippen LogP contribution < -0.4 is 5.84 Å². The number of benzene rings is 2. The Kier molecular flexibility index (Phi) is 2.86. The molecule has 19 heavy (non-hydrogen) atoms. The molecule has 4 rings (SSSR count). The van der Waals surface area contributed by atoms with E-state index in [0.29, 0.717) is 0 Å². The van der Waals surface area contributed by atoms with Gasteiger partial charge < -0.3 is 5.84 Å². The Morgan fingerprint density at radius 3 is 2.47 bits per heavy atom. The number of hydrogen-bond acceptors (Lipinski definition) is 3. The number of H-pyrrole nitrogens is 1. The van der Waals surface area contributed by atoms with Gasteiger partial charge >= 0.3 is 0 Å². The van der Waals surface area contributed by atoms with Gasteiger partial charge in [-0.05, 0) is 12.1 Å². The SMILES string of the molecule is Nn1cc2ccccc2n1.c1ccc2[nH]ncc2c1. The minimum Gasteiger partial charge on any atom is -0.323 e. The smallest absolute Gasteiger partial charge is 0.0944 e. The number of para-hydroxylation sites is 1. The molecular weight excluding hydrogens is 238 g/mol. The molecule has 5 heteroatoms. The molecule has 2 aromatic heterocycles. The summed E-state index contributed by atoms with van der Waals surface area (Å²) >= 11 is 0. The number of aromatic amines is 1. The summed E-state index contributed by atoms with van der Waals surface area (Å²) in [7, 11) is 0. The van der Waals surface area contributed by atoms with Crippen molar-refractivity contribution in [2.24, 2.45) is 0 Å². The first-order valence-electron chi connectivity index (χ1n) is 5.90. The fourth-order valence-electron chi connectivity index (χ4n) is 1.87. The van der Waals surface area contributed by atoms with Crippen molar-refractivity contribution in [3.05, 3.63) is 60.9 Å². The number of nitrogens with zero attached hydrogens (tertiary/aromatic N) is 3. The average molecular weight is 251 g/mol. The second-order valence-electron chi connectivity index (χ2n) is 4.13. The number of nitrogens with one attached hydrogen (secondary N) is 1. The molecule has 0 unspecified atom stereocenters. The third kappa shape index (κ3) is 2.40. The molecule has 0 saturated carbocycles. The van der Waals surface area contributed by atoms with E-state index < -0.39 is 0 Å². The van der Waals surface area contributed by atoms with Gasteiger partial charge in [-0.1, -0.05) is 36.4 Å². The molecule has 5 nitrogen and oxygen atoms in total. The lowest BCUT2D eigenvalue weighted by atomic mass is 10.3. The van der Waals surface area contributed by atoms with Gasteiger partial charge in [0, 0.05) is 10.8 Å². The standard InChI is InChI=1S/C7H7N3.C7H6N2/c8-10-5-6-3-1-2-4-7(6)9-10;1-2-4-7-6(3-1)5-8-9-7/h1-5H,8H2;1-5H,(H,8,9). The quantitative estimate of drug-likeness (QED) is 0.471. The van der Waals surface area contributed by atoms with Crippen LogP contribution in [0.25, 0.3) is 21.8 Å². The molecule has 0 spiro atoms. The van der Waals surface area contributed by atoms with Crippen molar-refractivity contribution in [3.63, 3.8) is 0 Å². The largest absolute Gasteiger partial charge is 0.323 e. The number of rotatable bonds is 0. The zero-order valence-corrected chi connectivity index (χ0v) is 10.2. The van der Waals surface area contributed by atoms with E-state index in [1.54, 1.807) is 6.20 Å².